The zero-order chi connectivity index (χ0) is 21.1. The van der Waals surface area contributed by atoms with E-state index in [4.69, 9.17) is 0 Å². The monoisotopic (exact) mass is 421 g/mol. The fourth-order valence-corrected chi connectivity index (χ4v) is 3.90. The van der Waals surface area contributed by atoms with Crippen LogP contribution in [0.15, 0.2) is 63.6 Å². The molecule has 0 aliphatic carbocycles. The number of carbonyl (C=O) groups is 1. The lowest BCUT2D eigenvalue weighted by atomic mass is 10.1. The quantitative estimate of drug-likeness (QED) is 0.515. The highest BCUT2D eigenvalue weighted by Gasteiger charge is 2.16. The molecule has 0 radical (unpaired) electrons. The standard InChI is InChI=1S/C21H19N5O3S/c1-14-13-30-20(23-14)24-17(27)12-26-16-8-5-10-22-18(16)19(28)25(21(26)29)11-9-15-6-3-2-4-7-15/h2-8,10,13H,9,11-12H2,1H3,(H,23,24,27). The molecular weight excluding hydrogens is 402 g/mol. The van der Waals surface area contributed by atoms with Crippen molar-refractivity contribution < 1.29 is 4.79 Å². The molecule has 0 unspecified atom stereocenters. The normalized spacial score (nSPS) is 11.0. The van der Waals surface area contributed by atoms with Crippen molar-refractivity contribution in [3.05, 3.63) is 86.1 Å². The Bertz CT molecular complexity index is 1320. The molecular formula is C21H19N5O3S. The minimum absolute atomic E-state index is 0.156. The zero-order valence-corrected chi connectivity index (χ0v) is 17.1. The Balaban J connectivity index is 1.70. The van der Waals surface area contributed by atoms with Gasteiger partial charge in [-0.2, -0.15) is 0 Å². The van der Waals surface area contributed by atoms with Crippen molar-refractivity contribution in [2.75, 3.05) is 5.32 Å². The molecule has 3 heterocycles. The molecule has 1 amide bonds. The Labute approximate surface area is 175 Å². The van der Waals surface area contributed by atoms with Gasteiger partial charge in [-0.05, 0) is 31.0 Å². The number of nitrogens with one attached hydrogen (secondary N) is 1. The van der Waals surface area contributed by atoms with Gasteiger partial charge in [0.1, 0.15) is 6.54 Å². The molecule has 9 heteroatoms. The highest BCUT2D eigenvalue weighted by molar-refractivity contribution is 7.13. The van der Waals surface area contributed by atoms with Gasteiger partial charge < -0.3 is 5.32 Å². The summed E-state index contributed by atoms with van der Waals surface area (Å²) >= 11 is 1.31. The van der Waals surface area contributed by atoms with E-state index in [9.17, 15) is 14.4 Å². The second-order valence-corrected chi connectivity index (χ2v) is 7.63. The van der Waals surface area contributed by atoms with Crippen molar-refractivity contribution in [2.24, 2.45) is 0 Å². The molecule has 0 aliphatic rings. The first-order valence-electron chi connectivity index (χ1n) is 9.37. The highest BCUT2D eigenvalue weighted by Crippen LogP contribution is 2.14. The number of nitrogens with zero attached hydrogens (tertiary/aromatic N) is 4. The predicted molar refractivity (Wildman–Crippen MR) is 116 cm³/mol. The Hall–Kier alpha value is -3.59. The van der Waals surface area contributed by atoms with Crippen molar-refractivity contribution in [1.29, 1.82) is 0 Å². The molecule has 4 rings (SSSR count). The third-order valence-electron chi connectivity index (χ3n) is 4.62. The van der Waals surface area contributed by atoms with Crippen molar-refractivity contribution in [1.82, 2.24) is 19.1 Å². The van der Waals surface area contributed by atoms with Crippen LogP contribution in [0.2, 0.25) is 0 Å². The molecule has 0 spiro atoms. The number of rotatable bonds is 6. The van der Waals surface area contributed by atoms with Gasteiger partial charge in [0.15, 0.2) is 10.6 Å². The Morgan fingerprint density at radius 3 is 2.63 bits per heavy atom. The van der Waals surface area contributed by atoms with E-state index in [1.54, 1.807) is 12.1 Å². The van der Waals surface area contributed by atoms with Crippen LogP contribution in [0.3, 0.4) is 0 Å². The minimum atomic E-state index is -0.540. The third kappa shape index (κ3) is 4.06. The topological polar surface area (TPSA) is 98.9 Å². The fourth-order valence-electron chi connectivity index (χ4n) is 3.19. The zero-order valence-electron chi connectivity index (χ0n) is 16.2. The molecule has 0 saturated carbocycles. The number of thiazole rings is 1. The molecule has 0 bridgehead atoms. The van der Waals surface area contributed by atoms with Crippen LogP contribution in [0.4, 0.5) is 5.13 Å². The number of aromatic nitrogens is 4. The molecule has 30 heavy (non-hydrogen) atoms. The summed E-state index contributed by atoms with van der Waals surface area (Å²) in [5.41, 5.74) is 1.29. The van der Waals surface area contributed by atoms with Crippen LogP contribution in [0.1, 0.15) is 11.3 Å². The lowest BCUT2D eigenvalue weighted by Crippen LogP contribution is -2.42. The summed E-state index contributed by atoms with van der Waals surface area (Å²) in [5.74, 6) is -0.398. The molecule has 0 atom stereocenters. The van der Waals surface area contributed by atoms with E-state index in [1.807, 2.05) is 42.6 Å². The molecule has 1 N–H and O–H groups in total. The van der Waals surface area contributed by atoms with E-state index < -0.39 is 17.2 Å². The van der Waals surface area contributed by atoms with E-state index in [2.05, 4.69) is 15.3 Å². The van der Waals surface area contributed by atoms with Gasteiger partial charge in [0, 0.05) is 18.1 Å². The van der Waals surface area contributed by atoms with Gasteiger partial charge in [-0.15, -0.1) is 11.3 Å². The van der Waals surface area contributed by atoms with Crippen LogP contribution in [0, 0.1) is 6.92 Å². The summed E-state index contributed by atoms with van der Waals surface area (Å²) in [6, 6.07) is 12.8. The van der Waals surface area contributed by atoms with Gasteiger partial charge in [-0.1, -0.05) is 30.3 Å². The van der Waals surface area contributed by atoms with Crippen molar-refractivity contribution in [3.8, 4) is 0 Å². The fraction of sp³-hybridized carbons (Fsp3) is 0.190. The largest absolute Gasteiger partial charge is 0.332 e. The third-order valence-corrected chi connectivity index (χ3v) is 5.50. The van der Waals surface area contributed by atoms with Crippen LogP contribution >= 0.6 is 11.3 Å². The molecule has 0 saturated heterocycles. The number of anilines is 1. The second kappa shape index (κ2) is 8.42. The highest BCUT2D eigenvalue weighted by atomic mass is 32.1. The molecule has 0 aliphatic heterocycles. The molecule has 1 aromatic carbocycles. The Kier molecular flexibility index (Phi) is 5.53. The van der Waals surface area contributed by atoms with E-state index in [-0.39, 0.29) is 18.6 Å². The van der Waals surface area contributed by atoms with Crippen molar-refractivity contribution >= 4 is 33.4 Å². The average molecular weight is 421 g/mol. The number of aryl methyl sites for hydroxylation is 2. The number of hydrogen-bond acceptors (Lipinski definition) is 6. The Morgan fingerprint density at radius 1 is 1.10 bits per heavy atom. The van der Waals surface area contributed by atoms with Gasteiger partial charge in [0.05, 0.1) is 11.2 Å². The van der Waals surface area contributed by atoms with Crippen molar-refractivity contribution in [3.63, 3.8) is 0 Å². The molecule has 0 fully saturated rings. The average Bonchev–Trinajstić information content (AvgIpc) is 3.16. The maximum Gasteiger partial charge on any atom is 0.332 e. The molecule has 152 valence electrons. The van der Waals surface area contributed by atoms with Gasteiger partial charge in [0.25, 0.3) is 5.56 Å². The van der Waals surface area contributed by atoms with Crippen LogP contribution < -0.4 is 16.6 Å². The summed E-state index contributed by atoms with van der Waals surface area (Å²) in [4.78, 5) is 46.9. The number of amides is 1. The molecule has 3 aromatic heterocycles. The number of carbonyl (C=O) groups excluding carboxylic acids is 1. The first-order chi connectivity index (χ1) is 14.5. The van der Waals surface area contributed by atoms with Gasteiger partial charge in [-0.3, -0.25) is 18.7 Å². The SMILES string of the molecule is Cc1csc(NC(=O)Cn2c(=O)n(CCc3ccccc3)c(=O)c3ncccc32)n1. The van der Waals surface area contributed by atoms with Crippen LogP contribution in [0.25, 0.3) is 11.0 Å². The number of hydrogen-bond donors (Lipinski definition) is 1. The molecule has 8 nitrogen and oxygen atoms in total. The van der Waals surface area contributed by atoms with Crippen LogP contribution in [0.5, 0.6) is 0 Å². The van der Waals surface area contributed by atoms with Gasteiger partial charge in [0.2, 0.25) is 5.91 Å². The number of fused-ring (bicyclic) bond motifs is 1. The maximum atomic E-state index is 13.1. The summed E-state index contributed by atoms with van der Waals surface area (Å²) in [5, 5.41) is 4.98. The van der Waals surface area contributed by atoms with Crippen molar-refractivity contribution in [2.45, 2.75) is 26.4 Å². The van der Waals surface area contributed by atoms with E-state index in [0.29, 0.717) is 17.1 Å². The van der Waals surface area contributed by atoms with E-state index in [1.165, 1.54) is 22.1 Å². The summed E-state index contributed by atoms with van der Waals surface area (Å²) in [7, 11) is 0. The van der Waals surface area contributed by atoms with E-state index >= 15 is 0 Å². The number of benzene rings is 1. The first kappa shape index (κ1) is 19.7. The summed E-state index contributed by atoms with van der Waals surface area (Å²) in [6.45, 7) is 1.78. The van der Waals surface area contributed by atoms with E-state index in [0.717, 1.165) is 15.8 Å². The van der Waals surface area contributed by atoms with Gasteiger partial charge in [-0.25, -0.2) is 14.8 Å². The summed E-state index contributed by atoms with van der Waals surface area (Å²) in [6.07, 6.45) is 2.01. The maximum absolute atomic E-state index is 13.1. The first-order valence-corrected chi connectivity index (χ1v) is 10.2. The smallest absolute Gasteiger partial charge is 0.300 e. The van der Waals surface area contributed by atoms with Crippen LogP contribution in [-0.4, -0.2) is 25.0 Å². The minimum Gasteiger partial charge on any atom is -0.300 e. The lowest BCUT2D eigenvalue weighted by molar-refractivity contribution is -0.116. The lowest BCUT2D eigenvalue weighted by Gasteiger charge is -2.13. The number of pyridine rings is 1. The summed E-state index contributed by atoms with van der Waals surface area (Å²) < 4.78 is 2.42. The van der Waals surface area contributed by atoms with Crippen LogP contribution in [-0.2, 0) is 24.3 Å². The Morgan fingerprint density at radius 2 is 1.90 bits per heavy atom. The second-order valence-electron chi connectivity index (χ2n) is 6.77. The predicted octanol–water partition coefficient (Wildman–Crippen LogP) is 2.20. The van der Waals surface area contributed by atoms with Gasteiger partial charge >= 0.3 is 5.69 Å². The molecule has 4 aromatic rings.